The molecule has 0 saturated carbocycles. The number of fused-ring (bicyclic) bond motifs is 4. The summed E-state index contributed by atoms with van der Waals surface area (Å²) in [5, 5.41) is 4.56. The van der Waals surface area contributed by atoms with Gasteiger partial charge in [0.1, 0.15) is 17.0 Å². The van der Waals surface area contributed by atoms with Crippen LogP contribution in [0.2, 0.25) is 19.6 Å². The number of furan rings is 1. The zero-order chi connectivity index (χ0) is 23.6. The van der Waals surface area contributed by atoms with E-state index in [-0.39, 0.29) is 5.82 Å². The molecular formula is C29H24FNOSSi. The van der Waals surface area contributed by atoms with Gasteiger partial charge < -0.3 is 4.42 Å². The van der Waals surface area contributed by atoms with E-state index in [1.165, 1.54) is 38.7 Å². The number of hydrogen-bond donors (Lipinski definition) is 0. The highest BCUT2D eigenvalue weighted by molar-refractivity contribution is 7.23. The molecule has 3 aromatic carbocycles. The van der Waals surface area contributed by atoms with Gasteiger partial charge in [-0.1, -0.05) is 61.2 Å². The van der Waals surface area contributed by atoms with Crippen molar-refractivity contribution in [2.75, 3.05) is 0 Å². The molecule has 0 unspecified atom stereocenters. The molecule has 0 fully saturated rings. The molecular weight excluding hydrogens is 457 g/mol. The minimum absolute atomic E-state index is 0.299. The van der Waals surface area contributed by atoms with Crippen molar-refractivity contribution in [3.63, 3.8) is 0 Å². The predicted molar refractivity (Wildman–Crippen MR) is 145 cm³/mol. The Kier molecular flexibility index (Phi) is 4.76. The maximum Gasteiger partial charge on any atom is 0.144 e. The minimum atomic E-state index is -1.34. The Morgan fingerprint density at radius 3 is 2.44 bits per heavy atom. The van der Waals surface area contributed by atoms with Crippen molar-refractivity contribution in [1.29, 1.82) is 0 Å². The van der Waals surface area contributed by atoms with E-state index >= 15 is 0 Å². The summed E-state index contributed by atoms with van der Waals surface area (Å²) in [6, 6.07) is 22.0. The summed E-state index contributed by atoms with van der Waals surface area (Å²) in [7, 11) is -1.34. The van der Waals surface area contributed by atoms with Gasteiger partial charge in [0, 0.05) is 33.5 Å². The second kappa shape index (κ2) is 7.62. The fraction of sp³-hybridized carbons (Fsp3) is 0.138. The number of rotatable bonds is 3. The first-order chi connectivity index (χ1) is 16.3. The maximum absolute atomic E-state index is 13.8. The summed E-state index contributed by atoms with van der Waals surface area (Å²) in [6.07, 6.45) is 1.87. The molecule has 0 saturated heterocycles. The normalized spacial score (nSPS) is 12.3. The molecule has 0 N–H and O–H groups in total. The number of aryl methyl sites for hydroxylation is 1. The number of para-hydroxylation sites is 1. The monoisotopic (exact) mass is 481 g/mol. The van der Waals surface area contributed by atoms with E-state index in [1.807, 2.05) is 24.4 Å². The number of benzene rings is 3. The zero-order valence-electron chi connectivity index (χ0n) is 19.6. The highest BCUT2D eigenvalue weighted by atomic mass is 32.1. The standard InChI is InChI=1S/C29H24FNOSSi/c1-17-21-14-15-31-26(29(21)33-28(17)18-8-11-20(12-9-18)34(2,3)4)24-7-5-6-23-22-13-10-19(30)16-25(22)32-27(23)24/h5-16H,1-4H3. The van der Waals surface area contributed by atoms with E-state index in [1.54, 1.807) is 17.4 Å². The van der Waals surface area contributed by atoms with E-state index in [0.29, 0.717) is 5.58 Å². The summed E-state index contributed by atoms with van der Waals surface area (Å²) >= 11 is 1.78. The Bertz CT molecular complexity index is 1710. The SMILES string of the molecule is Cc1c(-c2ccc([Si](C)(C)C)cc2)sc2c(-c3cccc4c3oc3cc(F)ccc34)nccc12. The van der Waals surface area contributed by atoms with E-state index in [0.717, 1.165) is 32.3 Å². The van der Waals surface area contributed by atoms with Gasteiger partial charge in [-0.05, 0) is 47.7 Å². The summed E-state index contributed by atoms with van der Waals surface area (Å²) in [5.41, 5.74) is 5.64. The third-order valence-corrected chi connectivity index (χ3v) is 10.0. The molecule has 0 radical (unpaired) electrons. The molecule has 0 aliphatic carbocycles. The van der Waals surface area contributed by atoms with Gasteiger partial charge in [0.15, 0.2) is 0 Å². The number of nitrogens with zero attached hydrogens (tertiary/aromatic N) is 1. The first kappa shape index (κ1) is 21.3. The van der Waals surface area contributed by atoms with Gasteiger partial charge in [-0.25, -0.2) is 4.39 Å². The number of aromatic nitrogens is 1. The van der Waals surface area contributed by atoms with Crippen molar-refractivity contribution in [1.82, 2.24) is 4.98 Å². The van der Waals surface area contributed by atoms with Gasteiger partial charge in [-0.2, -0.15) is 0 Å². The summed E-state index contributed by atoms with van der Waals surface area (Å²) < 4.78 is 21.1. The van der Waals surface area contributed by atoms with Gasteiger partial charge in [0.25, 0.3) is 0 Å². The quantitative estimate of drug-likeness (QED) is 0.237. The molecule has 3 heterocycles. The van der Waals surface area contributed by atoms with Crippen LogP contribution in [-0.2, 0) is 0 Å². The van der Waals surface area contributed by atoms with Gasteiger partial charge in [0.2, 0.25) is 0 Å². The Hall–Kier alpha value is -3.28. The van der Waals surface area contributed by atoms with E-state index in [2.05, 4.69) is 56.9 Å². The van der Waals surface area contributed by atoms with Crippen molar-refractivity contribution in [3.8, 4) is 21.7 Å². The topological polar surface area (TPSA) is 26.0 Å². The lowest BCUT2D eigenvalue weighted by Gasteiger charge is -2.16. The molecule has 6 rings (SSSR count). The van der Waals surface area contributed by atoms with Crippen LogP contribution >= 0.6 is 11.3 Å². The predicted octanol–water partition coefficient (Wildman–Crippen LogP) is 8.52. The molecule has 2 nitrogen and oxygen atoms in total. The van der Waals surface area contributed by atoms with Gasteiger partial charge in [-0.15, -0.1) is 11.3 Å². The maximum atomic E-state index is 13.8. The summed E-state index contributed by atoms with van der Waals surface area (Å²) in [6.45, 7) is 9.31. The number of pyridine rings is 1. The van der Waals surface area contributed by atoms with Crippen LogP contribution in [0, 0.1) is 12.7 Å². The lowest BCUT2D eigenvalue weighted by atomic mass is 10.0. The summed E-state index contributed by atoms with van der Waals surface area (Å²) in [5.74, 6) is -0.299. The Balaban J connectivity index is 1.56. The van der Waals surface area contributed by atoms with E-state index < -0.39 is 8.07 Å². The van der Waals surface area contributed by atoms with E-state index in [4.69, 9.17) is 9.40 Å². The molecule has 5 heteroatoms. The molecule has 0 atom stereocenters. The lowest BCUT2D eigenvalue weighted by molar-refractivity contribution is 0.618. The van der Waals surface area contributed by atoms with E-state index in [9.17, 15) is 4.39 Å². The lowest BCUT2D eigenvalue weighted by Crippen LogP contribution is -2.37. The van der Waals surface area contributed by atoms with Crippen LogP contribution in [0.25, 0.3) is 53.7 Å². The van der Waals surface area contributed by atoms with Gasteiger partial charge >= 0.3 is 0 Å². The molecule has 0 aliphatic rings. The third-order valence-electron chi connectivity index (χ3n) is 6.58. The molecule has 0 aliphatic heterocycles. The van der Waals surface area contributed by atoms with Crippen molar-refractivity contribution < 1.29 is 8.81 Å². The molecule has 0 spiro atoms. The first-order valence-electron chi connectivity index (χ1n) is 11.4. The molecule has 0 bridgehead atoms. The van der Waals surface area contributed by atoms with Crippen molar-refractivity contribution in [2.24, 2.45) is 0 Å². The Morgan fingerprint density at radius 2 is 1.68 bits per heavy atom. The molecule has 168 valence electrons. The van der Waals surface area contributed by atoms with Crippen LogP contribution in [0.1, 0.15) is 5.56 Å². The van der Waals surface area contributed by atoms with Crippen LogP contribution < -0.4 is 5.19 Å². The highest BCUT2D eigenvalue weighted by Gasteiger charge is 2.20. The highest BCUT2D eigenvalue weighted by Crippen LogP contribution is 2.44. The van der Waals surface area contributed by atoms with Crippen LogP contribution in [0.5, 0.6) is 0 Å². The third kappa shape index (κ3) is 3.30. The second-order valence-corrected chi connectivity index (χ2v) is 15.9. The van der Waals surface area contributed by atoms with Crippen LogP contribution in [0.15, 0.2) is 77.3 Å². The molecule has 0 amide bonds. The Morgan fingerprint density at radius 1 is 0.882 bits per heavy atom. The largest absolute Gasteiger partial charge is 0.455 e. The van der Waals surface area contributed by atoms with Crippen molar-refractivity contribution in [2.45, 2.75) is 26.6 Å². The minimum Gasteiger partial charge on any atom is -0.455 e. The van der Waals surface area contributed by atoms with Crippen LogP contribution in [-0.4, -0.2) is 13.1 Å². The average molecular weight is 482 g/mol. The second-order valence-electron chi connectivity index (χ2n) is 9.84. The first-order valence-corrected chi connectivity index (χ1v) is 15.7. The fourth-order valence-electron chi connectivity index (χ4n) is 4.70. The average Bonchev–Trinajstić information content (AvgIpc) is 3.35. The van der Waals surface area contributed by atoms with Crippen molar-refractivity contribution in [3.05, 3.63) is 84.3 Å². The Labute approximate surface area is 202 Å². The fourth-order valence-corrected chi connectivity index (χ4v) is 7.17. The van der Waals surface area contributed by atoms with Crippen molar-refractivity contribution >= 4 is 56.6 Å². The molecule has 6 aromatic rings. The molecule has 34 heavy (non-hydrogen) atoms. The summed E-state index contributed by atoms with van der Waals surface area (Å²) in [4.78, 5) is 6.06. The van der Waals surface area contributed by atoms with Crippen LogP contribution in [0.4, 0.5) is 4.39 Å². The number of halogens is 1. The van der Waals surface area contributed by atoms with Crippen LogP contribution in [0.3, 0.4) is 0 Å². The molecule has 3 aromatic heterocycles. The zero-order valence-corrected chi connectivity index (χ0v) is 21.4. The smallest absolute Gasteiger partial charge is 0.144 e. The van der Waals surface area contributed by atoms with Gasteiger partial charge in [0.05, 0.1) is 18.5 Å². The van der Waals surface area contributed by atoms with Gasteiger partial charge in [-0.3, -0.25) is 4.98 Å². The number of thiophene rings is 1. The number of hydrogen-bond acceptors (Lipinski definition) is 3.